The fraction of sp³-hybridized carbons (Fsp3) is 0.545. The molecule has 4 rings (SSSR count). The van der Waals surface area contributed by atoms with Crippen molar-refractivity contribution in [2.75, 3.05) is 49.6 Å². The zero-order valence-corrected chi connectivity index (χ0v) is 19.3. The van der Waals surface area contributed by atoms with Gasteiger partial charge in [0.1, 0.15) is 0 Å². The molecule has 0 unspecified atom stereocenters. The van der Waals surface area contributed by atoms with Crippen LogP contribution in [0.3, 0.4) is 0 Å². The Morgan fingerprint density at radius 1 is 1.12 bits per heavy atom. The van der Waals surface area contributed by atoms with Crippen LogP contribution in [0, 0.1) is 0 Å². The number of aryl methyl sites for hydroxylation is 2. The van der Waals surface area contributed by atoms with Crippen LogP contribution in [-0.2, 0) is 33.0 Å². The molecular formula is C22H31N5O4S. The number of nitrogens with one attached hydrogen (secondary N) is 1. The normalized spacial score (nSPS) is 18.0. The van der Waals surface area contributed by atoms with Crippen molar-refractivity contribution in [1.29, 1.82) is 0 Å². The van der Waals surface area contributed by atoms with Crippen LogP contribution in [0.5, 0.6) is 0 Å². The van der Waals surface area contributed by atoms with Gasteiger partial charge in [0.05, 0.1) is 35.7 Å². The minimum Gasteiger partial charge on any atom is -0.379 e. The average Bonchev–Trinajstić information content (AvgIpc) is 3.24. The van der Waals surface area contributed by atoms with Crippen LogP contribution in [0.2, 0.25) is 0 Å². The van der Waals surface area contributed by atoms with Crippen LogP contribution in [-0.4, -0.2) is 67.8 Å². The molecular weight excluding hydrogens is 430 g/mol. The van der Waals surface area contributed by atoms with Crippen LogP contribution < -0.4 is 10.2 Å². The molecule has 1 aromatic heterocycles. The third kappa shape index (κ3) is 5.31. The fourth-order valence-corrected chi connectivity index (χ4v) is 5.63. The zero-order valence-electron chi connectivity index (χ0n) is 18.5. The minimum atomic E-state index is -3.65. The number of carbonyl (C=O) groups is 1. The molecule has 2 saturated heterocycles. The first-order valence-corrected chi connectivity index (χ1v) is 12.6. The molecule has 0 atom stereocenters. The molecule has 10 heteroatoms. The number of amides is 1. The summed E-state index contributed by atoms with van der Waals surface area (Å²) >= 11 is 0. The predicted octanol–water partition coefficient (Wildman–Crippen LogP) is 2.00. The Kier molecular flexibility index (Phi) is 7.12. The smallest absolute Gasteiger partial charge is 0.243 e. The quantitative estimate of drug-likeness (QED) is 0.678. The number of carbonyl (C=O) groups excluding carboxylic acids is 1. The molecule has 1 amide bonds. The second kappa shape index (κ2) is 10.0. The Morgan fingerprint density at radius 3 is 2.56 bits per heavy atom. The van der Waals surface area contributed by atoms with E-state index in [2.05, 4.69) is 15.3 Å². The standard InChI is InChI=1S/C22H31N5O4S/c1-25-17-18(16-23-25)5-8-22(28)24-20-15-19(32(29,30)27-11-13-31-14-12-27)6-7-21(20)26-9-3-2-4-10-26/h6-7,15-17H,2-5,8-14H2,1H3,(H,24,28). The second-order valence-electron chi connectivity index (χ2n) is 8.31. The number of morpholine rings is 1. The molecule has 0 bridgehead atoms. The van der Waals surface area contributed by atoms with Crippen molar-refractivity contribution in [3.05, 3.63) is 36.2 Å². The lowest BCUT2D eigenvalue weighted by Crippen LogP contribution is -2.40. The maximum absolute atomic E-state index is 13.2. The van der Waals surface area contributed by atoms with Gasteiger partial charge in [-0.15, -0.1) is 0 Å². The Bertz CT molecular complexity index is 1040. The van der Waals surface area contributed by atoms with Gasteiger partial charge in [-0.05, 0) is 49.4 Å². The third-order valence-electron chi connectivity index (χ3n) is 5.95. The van der Waals surface area contributed by atoms with Gasteiger partial charge in [0.15, 0.2) is 0 Å². The summed E-state index contributed by atoms with van der Waals surface area (Å²) in [4.78, 5) is 15.2. The van der Waals surface area contributed by atoms with Gasteiger partial charge in [0, 0.05) is 45.8 Å². The Balaban J connectivity index is 1.56. The van der Waals surface area contributed by atoms with Crippen molar-refractivity contribution in [3.8, 4) is 0 Å². The maximum atomic E-state index is 13.2. The van der Waals surface area contributed by atoms with E-state index in [0.29, 0.717) is 44.8 Å². The predicted molar refractivity (Wildman–Crippen MR) is 122 cm³/mol. The van der Waals surface area contributed by atoms with E-state index in [0.717, 1.165) is 37.2 Å². The molecule has 174 valence electrons. The van der Waals surface area contributed by atoms with Crippen molar-refractivity contribution < 1.29 is 17.9 Å². The number of benzene rings is 1. The highest BCUT2D eigenvalue weighted by molar-refractivity contribution is 7.89. The number of hydrogen-bond acceptors (Lipinski definition) is 6. The Morgan fingerprint density at radius 2 is 1.88 bits per heavy atom. The molecule has 2 aliphatic rings. The third-order valence-corrected chi connectivity index (χ3v) is 7.84. The number of hydrogen-bond donors (Lipinski definition) is 1. The molecule has 3 heterocycles. The maximum Gasteiger partial charge on any atom is 0.243 e. The molecule has 0 aliphatic carbocycles. The molecule has 2 aromatic rings. The number of rotatable bonds is 7. The molecule has 32 heavy (non-hydrogen) atoms. The van der Waals surface area contributed by atoms with Crippen molar-refractivity contribution in [2.24, 2.45) is 7.05 Å². The van der Waals surface area contributed by atoms with E-state index in [1.54, 1.807) is 23.0 Å². The summed E-state index contributed by atoms with van der Waals surface area (Å²) in [5.74, 6) is -0.145. The molecule has 0 saturated carbocycles. The summed E-state index contributed by atoms with van der Waals surface area (Å²) in [7, 11) is -1.81. The Hall–Kier alpha value is -2.43. The van der Waals surface area contributed by atoms with E-state index in [9.17, 15) is 13.2 Å². The van der Waals surface area contributed by atoms with Gasteiger partial charge < -0.3 is 15.0 Å². The number of sulfonamides is 1. The fourth-order valence-electron chi connectivity index (χ4n) is 4.19. The van der Waals surface area contributed by atoms with Gasteiger partial charge >= 0.3 is 0 Å². The average molecular weight is 462 g/mol. The first kappa shape index (κ1) is 22.8. The first-order valence-electron chi connectivity index (χ1n) is 11.2. The van der Waals surface area contributed by atoms with Crippen molar-refractivity contribution >= 4 is 27.3 Å². The van der Waals surface area contributed by atoms with Crippen molar-refractivity contribution in [3.63, 3.8) is 0 Å². The summed E-state index contributed by atoms with van der Waals surface area (Å²) in [5, 5.41) is 7.12. The molecule has 2 fully saturated rings. The Labute approximate surface area is 189 Å². The van der Waals surface area contributed by atoms with E-state index < -0.39 is 10.0 Å². The minimum absolute atomic E-state index is 0.145. The molecule has 0 radical (unpaired) electrons. The van der Waals surface area contributed by atoms with Gasteiger partial charge in [0.2, 0.25) is 15.9 Å². The SMILES string of the molecule is Cn1cc(CCC(=O)Nc2cc(S(=O)(=O)N3CCOCC3)ccc2N2CCCCC2)cn1. The van der Waals surface area contributed by atoms with E-state index in [-0.39, 0.29) is 10.8 Å². The van der Waals surface area contributed by atoms with Crippen molar-refractivity contribution in [2.45, 2.75) is 37.0 Å². The number of aromatic nitrogens is 2. The van der Waals surface area contributed by atoms with Crippen molar-refractivity contribution in [1.82, 2.24) is 14.1 Å². The monoisotopic (exact) mass is 461 g/mol. The summed E-state index contributed by atoms with van der Waals surface area (Å²) < 4.78 is 34.8. The lowest BCUT2D eigenvalue weighted by molar-refractivity contribution is -0.116. The lowest BCUT2D eigenvalue weighted by Gasteiger charge is -2.31. The summed E-state index contributed by atoms with van der Waals surface area (Å²) in [6.45, 7) is 3.25. The molecule has 1 aromatic carbocycles. The summed E-state index contributed by atoms with van der Waals surface area (Å²) in [6, 6.07) is 5.09. The molecule has 2 aliphatic heterocycles. The topological polar surface area (TPSA) is 96.8 Å². The van der Waals surface area contributed by atoms with Gasteiger partial charge in [0.25, 0.3) is 0 Å². The number of anilines is 2. The van der Waals surface area contributed by atoms with Gasteiger partial charge in [-0.2, -0.15) is 9.40 Å². The summed E-state index contributed by atoms with van der Waals surface area (Å²) in [5.41, 5.74) is 2.42. The van der Waals surface area contributed by atoms with E-state index in [1.165, 1.54) is 10.7 Å². The van der Waals surface area contributed by atoms with Crippen LogP contribution >= 0.6 is 0 Å². The van der Waals surface area contributed by atoms with Gasteiger partial charge in [-0.1, -0.05) is 0 Å². The van der Waals surface area contributed by atoms with Gasteiger partial charge in [-0.3, -0.25) is 9.48 Å². The second-order valence-corrected chi connectivity index (χ2v) is 10.3. The highest BCUT2D eigenvalue weighted by Gasteiger charge is 2.28. The van der Waals surface area contributed by atoms with E-state index in [1.807, 2.05) is 19.3 Å². The zero-order chi connectivity index (χ0) is 22.6. The van der Waals surface area contributed by atoms with Crippen LogP contribution in [0.4, 0.5) is 11.4 Å². The number of nitrogens with zero attached hydrogens (tertiary/aromatic N) is 4. The highest BCUT2D eigenvalue weighted by Crippen LogP contribution is 2.32. The van der Waals surface area contributed by atoms with E-state index >= 15 is 0 Å². The lowest BCUT2D eigenvalue weighted by atomic mass is 10.1. The van der Waals surface area contributed by atoms with E-state index in [4.69, 9.17) is 4.74 Å². The summed E-state index contributed by atoms with van der Waals surface area (Å²) in [6.07, 6.45) is 7.87. The largest absolute Gasteiger partial charge is 0.379 e. The highest BCUT2D eigenvalue weighted by atomic mass is 32.2. The molecule has 1 N–H and O–H groups in total. The van der Waals surface area contributed by atoms with Gasteiger partial charge in [-0.25, -0.2) is 8.42 Å². The number of piperidine rings is 1. The van der Waals surface area contributed by atoms with Crippen LogP contribution in [0.1, 0.15) is 31.2 Å². The first-order chi connectivity index (χ1) is 15.4. The van der Waals surface area contributed by atoms with Crippen LogP contribution in [0.25, 0.3) is 0 Å². The molecule has 0 spiro atoms. The van der Waals surface area contributed by atoms with Crippen LogP contribution in [0.15, 0.2) is 35.5 Å². The number of ether oxygens (including phenoxy) is 1. The molecule has 9 nitrogen and oxygen atoms in total.